The summed E-state index contributed by atoms with van der Waals surface area (Å²) in [6.45, 7) is 1.53. The molecule has 0 saturated heterocycles. The summed E-state index contributed by atoms with van der Waals surface area (Å²) in [5.74, 6) is 0.450. The van der Waals surface area contributed by atoms with Crippen LogP contribution in [-0.4, -0.2) is 14.9 Å². The van der Waals surface area contributed by atoms with Crippen molar-refractivity contribution in [2.45, 2.75) is 11.8 Å². The van der Waals surface area contributed by atoms with Crippen LogP contribution in [0.1, 0.15) is 6.92 Å². The SMILES string of the molecule is CCS(=N)(=O)c1cc(Oc2ccc(Cl)cc2Cl)ccc1[N+](=O)[O-]. The molecule has 0 radical (unpaired) electrons. The van der Waals surface area contributed by atoms with Crippen LogP contribution >= 0.6 is 23.2 Å². The number of ether oxygens (including phenoxy) is 1. The second kappa shape index (κ2) is 6.74. The van der Waals surface area contributed by atoms with Gasteiger partial charge in [0, 0.05) is 22.9 Å². The summed E-state index contributed by atoms with van der Waals surface area (Å²) in [4.78, 5) is 10.2. The molecule has 0 aromatic heterocycles. The van der Waals surface area contributed by atoms with E-state index in [9.17, 15) is 14.3 Å². The van der Waals surface area contributed by atoms with Crippen LogP contribution < -0.4 is 4.74 Å². The Morgan fingerprint density at radius 3 is 2.52 bits per heavy atom. The third-order valence-corrected chi connectivity index (χ3v) is 5.39. The lowest BCUT2D eigenvalue weighted by molar-refractivity contribution is -0.387. The van der Waals surface area contributed by atoms with E-state index < -0.39 is 14.7 Å². The minimum Gasteiger partial charge on any atom is -0.456 e. The number of hydrogen-bond acceptors (Lipinski definition) is 5. The second-order valence-electron chi connectivity index (χ2n) is 4.53. The Morgan fingerprint density at radius 1 is 1.26 bits per heavy atom. The van der Waals surface area contributed by atoms with Gasteiger partial charge in [-0.25, -0.2) is 8.99 Å². The quantitative estimate of drug-likeness (QED) is 0.580. The number of nitrogens with zero attached hydrogens (tertiary/aromatic N) is 1. The minimum atomic E-state index is -3.28. The van der Waals surface area contributed by atoms with Gasteiger partial charge in [0.2, 0.25) is 0 Å². The van der Waals surface area contributed by atoms with Gasteiger partial charge in [0.05, 0.1) is 19.7 Å². The molecule has 2 rings (SSSR count). The van der Waals surface area contributed by atoms with Gasteiger partial charge in [-0.1, -0.05) is 30.1 Å². The fourth-order valence-corrected chi connectivity index (χ4v) is 3.36. The predicted molar refractivity (Wildman–Crippen MR) is 89.3 cm³/mol. The van der Waals surface area contributed by atoms with Crippen molar-refractivity contribution in [3.8, 4) is 11.5 Å². The van der Waals surface area contributed by atoms with Gasteiger partial charge >= 0.3 is 0 Å². The van der Waals surface area contributed by atoms with E-state index in [1.165, 1.54) is 31.2 Å². The number of benzene rings is 2. The standard InChI is InChI=1S/C14H12Cl2N2O4S/c1-2-23(17,21)14-8-10(4-5-12(14)18(19)20)22-13-6-3-9(15)7-11(13)16/h3-8,17H,2H2,1H3. The van der Waals surface area contributed by atoms with Gasteiger partial charge in [-0.3, -0.25) is 10.1 Å². The first-order valence-corrected chi connectivity index (χ1v) is 8.90. The molecule has 0 fully saturated rings. The van der Waals surface area contributed by atoms with Crippen LogP contribution in [0.2, 0.25) is 10.0 Å². The Kier molecular flexibility index (Phi) is 5.13. The third-order valence-electron chi connectivity index (χ3n) is 3.01. The molecule has 0 bridgehead atoms. The molecule has 1 unspecified atom stereocenters. The fourth-order valence-electron chi connectivity index (χ4n) is 1.81. The van der Waals surface area contributed by atoms with Crippen molar-refractivity contribution < 1.29 is 13.9 Å². The molecule has 9 heteroatoms. The Morgan fingerprint density at radius 2 is 1.96 bits per heavy atom. The lowest BCUT2D eigenvalue weighted by Gasteiger charge is -2.11. The zero-order chi connectivity index (χ0) is 17.2. The number of hydrogen-bond donors (Lipinski definition) is 1. The number of rotatable bonds is 5. The van der Waals surface area contributed by atoms with Gasteiger partial charge in [-0.05, 0) is 24.3 Å². The van der Waals surface area contributed by atoms with Crippen molar-refractivity contribution >= 4 is 38.6 Å². The van der Waals surface area contributed by atoms with Crippen molar-refractivity contribution in [3.63, 3.8) is 0 Å². The molecule has 0 heterocycles. The van der Waals surface area contributed by atoms with Crippen LogP contribution in [0.15, 0.2) is 41.3 Å². The summed E-state index contributed by atoms with van der Waals surface area (Å²) in [5.41, 5.74) is -0.374. The molecule has 1 atom stereocenters. The molecule has 0 saturated carbocycles. The number of nitro benzene ring substituents is 1. The van der Waals surface area contributed by atoms with Crippen LogP contribution in [-0.2, 0) is 9.73 Å². The predicted octanol–water partition coefficient (Wildman–Crippen LogP) is 5.12. The van der Waals surface area contributed by atoms with Crippen LogP contribution in [0.5, 0.6) is 11.5 Å². The normalized spacial score (nSPS) is 13.3. The van der Waals surface area contributed by atoms with Gasteiger partial charge in [0.15, 0.2) is 0 Å². The zero-order valence-corrected chi connectivity index (χ0v) is 14.2. The fraction of sp³-hybridized carbons (Fsp3) is 0.143. The maximum atomic E-state index is 12.3. The molecular weight excluding hydrogens is 363 g/mol. The second-order valence-corrected chi connectivity index (χ2v) is 7.74. The maximum absolute atomic E-state index is 12.3. The van der Waals surface area contributed by atoms with Crippen molar-refractivity contribution in [3.05, 3.63) is 56.6 Å². The molecule has 122 valence electrons. The Bertz CT molecular complexity index is 869. The van der Waals surface area contributed by atoms with E-state index in [0.29, 0.717) is 10.8 Å². The minimum absolute atomic E-state index is 0.0427. The molecule has 0 aliphatic heterocycles. The summed E-state index contributed by atoms with van der Waals surface area (Å²) in [6.07, 6.45) is 0. The largest absolute Gasteiger partial charge is 0.456 e. The van der Waals surface area contributed by atoms with Gasteiger partial charge in [0.1, 0.15) is 16.4 Å². The van der Waals surface area contributed by atoms with E-state index in [1.807, 2.05) is 0 Å². The van der Waals surface area contributed by atoms with Crippen LogP contribution in [0.25, 0.3) is 0 Å². The smallest absolute Gasteiger partial charge is 0.286 e. The van der Waals surface area contributed by atoms with E-state index >= 15 is 0 Å². The highest BCUT2D eigenvalue weighted by molar-refractivity contribution is 7.92. The van der Waals surface area contributed by atoms with E-state index in [0.717, 1.165) is 0 Å². The van der Waals surface area contributed by atoms with Gasteiger partial charge in [-0.15, -0.1) is 0 Å². The summed E-state index contributed by atoms with van der Waals surface area (Å²) in [5, 5.41) is 11.8. The summed E-state index contributed by atoms with van der Waals surface area (Å²) in [7, 11) is -3.28. The van der Waals surface area contributed by atoms with Crippen molar-refractivity contribution in [2.24, 2.45) is 0 Å². The van der Waals surface area contributed by atoms with Gasteiger partial charge in [0.25, 0.3) is 5.69 Å². The van der Waals surface area contributed by atoms with E-state index in [1.54, 1.807) is 12.1 Å². The van der Waals surface area contributed by atoms with Gasteiger partial charge < -0.3 is 4.74 Å². The highest BCUT2D eigenvalue weighted by atomic mass is 35.5. The number of nitro groups is 1. The zero-order valence-electron chi connectivity index (χ0n) is 11.9. The maximum Gasteiger partial charge on any atom is 0.286 e. The van der Waals surface area contributed by atoms with Gasteiger partial charge in [-0.2, -0.15) is 0 Å². The van der Waals surface area contributed by atoms with Crippen LogP contribution in [0.4, 0.5) is 5.69 Å². The number of halogens is 2. The molecule has 6 nitrogen and oxygen atoms in total. The monoisotopic (exact) mass is 374 g/mol. The molecule has 0 amide bonds. The molecule has 1 N–H and O–H groups in total. The lowest BCUT2D eigenvalue weighted by Crippen LogP contribution is -2.06. The number of nitrogens with one attached hydrogen (secondary N) is 1. The Hall–Kier alpha value is -1.83. The van der Waals surface area contributed by atoms with Crippen molar-refractivity contribution in [1.29, 1.82) is 4.78 Å². The molecule has 0 aliphatic carbocycles. The topological polar surface area (TPSA) is 93.3 Å². The lowest BCUT2D eigenvalue weighted by atomic mass is 10.3. The molecule has 2 aromatic rings. The molecule has 23 heavy (non-hydrogen) atoms. The van der Waals surface area contributed by atoms with Crippen molar-refractivity contribution in [1.82, 2.24) is 0 Å². The van der Waals surface area contributed by atoms with Crippen LogP contribution in [0.3, 0.4) is 0 Å². The summed E-state index contributed by atoms with van der Waals surface area (Å²) >= 11 is 11.8. The average Bonchev–Trinajstić information content (AvgIpc) is 2.49. The summed E-state index contributed by atoms with van der Waals surface area (Å²) < 4.78 is 25.6. The van der Waals surface area contributed by atoms with E-state index in [2.05, 4.69) is 0 Å². The first-order chi connectivity index (χ1) is 10.7. The first kappa shape index (κ1) is 17.5. The Balaban J connectivity index is 2.49. The summed E-state index contributed by atoms with van der Waals surface area (Å²) in [6, 6.07) is 8.38. The first-order valence-electron chi connectivity index (χ1n) is 6.42. The van der Waals surface area contributed by atoms with Crippen molar-refractivity contribution in [2.75, 3.05) is 5.75 Å². The highest BCUT2D eigenvalue weighted by Crippen LogP contribution is 2.35. The molecule has 0 aliphatic rings. The van der Waals surface area contributed by atoms with Crippen LogP contribution in [0, 0.1) is 14.9 Å². The highest BCUT2D eigenvalue weighted by Gasteiger charge is 2.22. The Labute approximate surface area is 143 Å². The third kappa shape index (κ3) is 3.93. The molecule has 2 aromatic carbocycles. The van der Waals surface area contributed by atoms with E-state index in [-0.39, 0.29) is 27.1 Å². The average molecular weight is 375 g/mol. The van der Waals surface area contributed by atoms with E-state index in [4.69, 9.17) is 32.7 Å². The molecule has 0 spiro atoms. The molecular formula is C14H12Cl2N2O4S.